The highest BCUT2D eigenvalue weighted by molar-refractivity contribution is 5.69. The van der Waals surface area contributed by atoms with Crippen molar-refractivity contribution < 1.29 is 22.7 Å². The molecule has 0 spiro atoms. The van der Waals surface area contributed by atoms with Gasteiger partial charge in [-0.15, -0.1) is 0 Å². The quantitative estimate of drug-likeness (QED) is 0.760. The molecule has 0 aliphatic rings. The fraction of sp³-hybridized carbons (Fsp3) is 0.200. The first-order chi connectivity index (χ1) is 6.95. The third kappa shape index (κ3) is 3.06. The molecule has 1 nitrogen and oxygen atoms in total. The third-order valence-corrected chi connectivity index (χ3v) is 1.76. The molecule has 15 heavy (non-hydrogen) atoms. The molecule has 1 N–H and O–H groups in total. The molecule has 0 fully saturated rings. The van der Waals surface area contributed by atoms with Crippen LogP contribution in [0.25, 0.3) is 5.57 Å². The van der Waals surface area contributed by atoms with Crippen LogP contribution in [-0.2, 0) is 0 Å². The van der Waals surface area contributed by atoms with E-state index in [2.05, 4.69) is 0 Å². The van der Waals surface area contributed by atoms with Crippen LogP contribution in [0.1, 0.15) is 5.56 Å². The molecule has 0 aromatic heterocycles. The Labute approximate surface area is 83.7 Å². The molecule has 1 aromatic carbocycles. The van der Waals surface area contributed by atoms with E-state index in [1.807, 2.05) is 0 Å². The number of allylic oxidation sites excluding steroid dienone is 1. The summed E-state index contributed by atoms with van der Waals surface area (Å²) < 4.78 is 49.7. The molecule has 0 atom stereocenters. The number of benzene rings is 1. The molecule has 1 aromatic rings. The van der Waals surface area contributed by atoms with Crippen LogP contribution in [0.15, 0.2) is 30.3 Å². The maximum atomic E-state index is 12.5. The Morgan fingerprint density at radius 1 is 1.20 bits per heavy atom. The Morgan fingerprint density at radius 2 is 1.73 bits per heavy atom. The van der Waals surface area contributed by atoms with Gasteiger partial charge in [0.2, 0.25) is 0 Å². The molecule has 0 saturated carbocycles. The van der Waals surface area contributed by atoms with Crippen molar-refractivity contribution in [1.29, 1.82) is 0 Å². The second-order valence-electron chi connectivity index (χ2n) is 2.81. The number of aliphatic hydroxyl groups excluding tert-OH is 1. The number of alkyl halides is 3. The summed E-state index contributed by atoms with van der Waals surface area (Å²) >= 11 is 0. The van der Waals surface area contributed by atoms with Gasteiger partial charge in [-0.1, -0.05) is 12.1 Å². The Hall–Kier alpha value is -1.36. The van der Waals surface area contributed by atoms with Crippen molar-refractivity contribution in [2.75, 3.05) is 6.61 Å². The Balaban J connectivity index is 3.11. The Kier molecular flexibility index (Phi) is 3.47. The molecule has 0 bridgehead atoms. The predicted molar refractivity (Wildman–Crippen MR) is 47.5 cm³/mol. The molecular formula is C10H8F4O. The van der Waals surface area contributed by atoms with E-state index < -0.39 is 24.2 Å². The van der Waals surface area contributed by atoms with Crippen molar-refractivity contribution in [2.45, 2.75) is 6.18 Å². The second kappa shape index (κ2) is 4.44. The number of halogens is 4. The molecule has 0 unspecified atom stereocenters. The number of aliphatic hydroxyl groups is 1. The van der Waals surface area contributed by atoms with Gasteiger partial charge in [0.25, 0.3) is 0 Å². The van der Waals surface area contributed by atoms with Gasteiger partial charge in [-0.3, -0.25) is 0 Å². The summed E-state index contributed by atoms with van der Waals surface area (Å²) in [5.41, 5.74) is -1.14. The van der Waals surface area contributed by atoms with E-state index in [9.17, 15) is 17.6 Å². The van der Waals surface area contributed by atoms with Gasteiger partial charge in [0.05, 0.1) is 12.2 Å². The lowest BCUT2D eigenvalue weighted by Gasteiger charge is -2.11. The second-order valence-corrected chi connectivity index (χ2v) is 2.81. The first kappa shape index (κ1) is 11.7. The summed E-state index contributed by atoms with van der Waals surface area (Å²) in [5, 5.41) is 8.47. The molecule has 0 saturated heterocycles. The molecule has 0 aliphatic heterocycles. The standard InChI is InChI=1S/C10H8F4O/c11-8-3-1-7(2-4-8)9(5-6-15)10(12,13)14/h1-5,15H,6H2/b9-5+. The van der Waals surface area contributed by atoms with Gasteiger partial charge in [-0.05, 0) is 23.8 Å². The lowest BCUT2D eigenvalue weighted by molar-refractivity contribution is -0.0692. The van der Waals surface area contributed by atoms with Crippen molar-refractivity contribution in [3.05, 3.63) is 41.7 Å². The third-order valence-electron chi connectivity index (χ3n) is 1.76. The summed E-state index contributed by atoms with van der Waals surface area (Å²) in [5.74, 6) is -0.607. The van der Waals surface area contributed by atoms with Crippen LogP contribution in [-0.4, -0.2) is 17.9 Å². The highest BCUT2D eigenvalue weighted by Gasteiger charge is 2.34. The largest absolute Gasteiger partial charge is 0.416 e. The molecule has 0 radical (unpaired) electrons. The van der Waals surface area contributed by atoms with Gasteiger partial charge < -0.3 is 5.11 Å². The molecule has 0 heterocycles. The molecule has 82 valence electrons. The van der Waals surface area contributed by atoms with Crippen LogP contribution < -0.4 is 0 Å². The van der Waals surface area contributed by atoms with E-state index in [0.717, 1.165) is 24.3 Å². The lowest BCUT2D eigenvalue weighted by atomic mass is 10.1. The molecular weight excluding hydrogens is 212 g/mol. The lowest BCUT2D eigenvalue weighted by Crippen LogP contribution is -2.11. The molecule has 1 rings (SSSR count). The van der Waals surface area contributed by atoms with Gasteiger partial charge in [-0.25, -0.2) is 4.39 Å². The highest BCUT2D eigenvalue weighted by Crippen LogP contribution is 2.33. The number of hydrogen-bond acceptors (Lipinski definition) is 1. The van der Waals surface area contributed by atoms with Gasteiger partial charge in [0.1, 0.15) is 5.82 Å². The average molecular weight is 220 g/mol. The van der Waals surface area contributed by atoms with Gasteiger partial charge in [0, 0.05) is 0 Å². The fourth-order valence-corrected chi connectivity index (χ4v) is 1.12. The van der Waals surface area contributed by atoms with Crippen molar-refractivity contribution in [2.24, 2.45) is 0 Å². The zero-order valence-electron chi connectivity index (χ0n) is 7.55. The predicted octanol–water partition coefficient (Wildman–Crippen LogP) is 2.76. The minimum Gasteiger partial charge on any atom is -0.392 e. The molecule has 0 aliphatic carbocycles. The fourth-order valence-electron chi connectivity index (χ4n) is 1.12. The first-order valence-corrected chi connectivity index (χ1v) is 4.09. The zero-order valence-corrected chi connectivity index (χ0v) is 7.55. The summed E-state index contributed by atoms with van der Waals surface area (Å²) in [7, 11) is 0. The Bertz CT molecular complexity index is 351. The zero-order chi connectivity index (χ0) is 11.5. The van der Waals surface area contributed by atoms with Crippen LogP contribution in [0.4, 0.5) is 17.6 Å². The Morgan fingerprint density at radius 3 is 2.13 bits per heavy atom. The van der Waals surface area contributed by atoms with E-state index in [-0.39, 0.29) is 5.56 Å². The summed E-state index contributed by atoms with van der Waals surface area (Å²) in [6, 6.07) is 3.91. The van der Waals surface area contributed by atoms with Gasteiger partial charge in [0.15, 0.2) is 0 Å². The van der Waals surface area contributed by atoms with E-state index in [1.54, 1.807) is 0 Å². The van der Waals surface area contributed by atoms with Crippen molar-refractivity contribution >= 4 is 5.57 Å². The van der Waals surface area contributed by atoms with Crippen LogP contribution in [0.2, 0.25) is 0 Å². The maximum absolute atomic E-state index is 12.5. The summed E-state index contributed by atoms with van der Waals surface area (Å²) in [6.45, 7) is -0.716. The topological polar surface area (TPSA) is 20.2 Å². The van der Waals surface area contributed by atoms with Crippen LogP contribution >= 0.6 is 0 Å². The van der Waals surface area contributed by atoms with Crippen molar-refractivity contribution in [3.8, 4) is 0 Å². The minimum atomic E-state index is -4.56. The van der Waals surface area contributed by atoms with E-state index in [0.29, 0.717) is 6.08 Å². The summed E-state index contributed by atoms with van der Waals surface area (Å²) in [6.07, 6.45) is -3.91. The molecule has 0 amide bonds. The molecule has 5 heteroatoms. The average Bonchev–Trinajstić information content (AvgIpc) is 2.14. The van der Waals surface area contributed by atoms with E-state index in [1.165, 1.54) is 0 Å². The van der Waals surface area contributed by atoms with Gasteiger partial charge in [-0.2, -0.15) is 13.2 Å². The number of hydrogen-bond donors (Lipinski definition) is 1. The highest BCUT2D eigenvalue weighted by atomic mass is 19.4. The first-order valence-electron chi connectivity index (χ1n) is 4.09. The van der Waals surface area contributed by atoms with Gasteiger partial charge >= 0.3 is 6.18 Å². The normalized spacial score (nSPS) is 13.0. The summed E-state index contributed by atoms with van der Waals surface area (Å²) in [4.78, 5) is 0. The van der Waals surface area contributed by atoms with E-state index in [4.69, 9.17) is 5.11 Å². The monoisotopic (exact) mass is 220 g/mol. The number of rotatable bonds is 2. The minimum absolute atomic E-state index is 0.169. The smallest absolute Gasteiger partial charge is 0.392 e. The SMILES string of the molecule is OC/C=C(\c1ccc(F)cc1)C(F)(F)F. The van der Waals surface area contributed by atoms with Crippen LogP contribution in [0.3, 0.4) is 0 Å². The van der Waals surface area contributed by atoms with E-state index >= 15 is 0 Å². The van der Waals surface area contributed by atoms with Crippen molar-refractivity contribution in [1.82, 2.24) is 0 Å². The van der Waals surface area contributed by atoms with Crippen LogP contribution in [0, 0.1) is 5.82 Å². The maximum Gasteiger partial charge on any atom is 0.416 e. The van der Waals surface area contributed by atoms with Crippen LogP contribution in [0.5, 0.6) is 0 Å². The van der Waals surface area contributed by atoms with Crippen molar-refractivity contribution in [3.63, 3.8) is 0 Å².